The largest absolute Gasteiger partial charge is 0.483 e. The van der Waals surface area contributed by atoms with Crippen LogP contribution in [0.2, 0.25) is 0 Å². The molecular formula is C15H15O. The van der Waals surface area contributed by atoms with Crippen LogP contribution >= 0.6 is 0 Å². The number of rotatable bonds is 4. The van der Waals surface area contributed by atoms with Gasteiger partial charge in [-0.3, -0.25) is 0 Å². The van der Waals surface area contributed by atoms with Crippen molar-refractivity contribution in [1.29, 1.82) is 0 Å². The monoisotopic (exact) mass is 211 g/mol. The summed E-state index contributed by atoms with van der Waals surface area (Å²) in [6.45, 7) is 2.01. The summed E-state index contributed by atoms with van der Waals surface area (Å²) in [6, 6.07) is 20.2. The molecule has 16 heavy (non-hydrogen) atoms. The van der Waals surface area contributed by atoms with Crippen molar-refractivity contribution < 1.29 is 4.74 Å². The van der Waals surface area contributed by atoms with Gasteiger partial charge in [0.1, 0.15) is 11.9 Å². The van der Waals surface area contributed by atoms with Crippen LogP contribution in [0.25, 0.3) is 0 Å². The van der Waals surface area contributed by atoms with Crippen LogP contribution in [0, 0.1) is 6.10 Å². The first-order chi connectivity index (χ1) is 7.84. The SMILES string of the molecule is C[C](Cc1ccccc1)Oc1ccccc1. The fourth-order valence-corrected chi connectivity index (χ4v) is 1.61. The summed E-state index contributed by atoms with van der Waals surface area (Å²) in [5.74, 6) is 0.899. The zero-order valence-corrected chi connectivity index (χ0v) is 9.39. The minimum absolute atomic E-state index is 0.857. The van der Waals surface area contributed by atoms with Gasteiger partial charge in [-0.15, -0.1) is 0 Å². The van der Waals surface area contributed by atoms with Crippen molar-refractivity contribution in [3.05, 3.63) is 72.3 Å². The summed E-state index contributed by atoms with van der Waals surface area (Å²) in [6.07, 6.45) is 1.87. The van der Waals surface area contributed by atoms with Gasteiger partial charge < -0.3 is 4.74 Å². The maximum absolute atomic E-state index is 5.73. The molecule has 1 nitrogen and oxygen atoms in total. The molecule has 0 fully saturated rings. The second kappa shape index (κ2) is 5.36. The van der Waals surface area contributed by atoms with E-state index in [1.165, 1.54) is 5.56 Å². The van der Waals surface area contributed by atoms with E-state index in [-0.39, 0.29) is 0 Å². The topological polar surface area (TPSA) is 9.23 Å². The van der Waals surface area contributed by atoms with Crippen LogP contribution in [0.15, 0.2) is 60.7 Å². The lowest BCUT2D eigenvalue weighted by atomic mass is 10.1. The van der Waals surface area contributed by atoms with Gasteiger partial charge >= 0.3 is 0 Å². The van der Waals surface area contributed by atoms with Crippen LogP contribution < -0.4 is 4.74 Å². The van der Waals surface area contributed by atoms with E-state index in [9.17, 15) is 0 Å². The zero-order chi connectivity index (χ0) is 11.2. The van der Waals surface area contributed by atoms with Gasteiger partial charge in [-0.05, 0) is 24.6 Å². The Labute approximate surface area is 96.7 Å². The first-order valence-corrected chi connectivity index (χ1v) is 5.44. The Bertz CT molecular complexity index is 366. The summed E-state index contributed by atoms with van der Waals surface area (Å²) in [7, 11) is 0. The van der Waals surface area contributed by atoms with Gasteiger partial charge in [-0.1, -0.05) is 48.5 Å². The lowest BCUT2D eigenvalue weighted by molar-refractivity contribution is 0.328. The van der Waals surface area contributed by atoms with Gasteiger partial charge in [0.05, 0.1) is 0 Å². The van der Waals surface area contributed by atoms with Crippen LogP contribution in [0.1, 0.15) is 12.5 Å². The molecule has 0 spiro atoms. The number of para-hydroxylation sites is 1. The molecule has 0 N–H and O–H groups in total. The summed E-state index contributed by atoms with van der Waals surface area (Å²) in [5.41, 5.74) is 1.27. The fourth-order valence-electron chi connectivity index (χ4n) is 1.61. The second-order valence-corrected chi connectivity index (χ2v) is 3.78. The Morgan fingerprint density at radius 2 is 1.44 bits per heavy atom. The molecule has 0 aliphatic rings. The van der Waals surface area contributed by atoms with Crippen molar-refractivity contribution in [2.45, 2.75) is 13.3 Å². The van der Waals surface area contributed by atoms with Crippen LogP contribution in [0.3, 0.4) is 0 Å². The molecule has 0 aliphatic carbocycles. The lowest BCUT2D eigenvalue weighted by Gasteiger charge is -2.13. The number of benzene rings is 2. The van der Waals surface area contributed by atoms with E-state index in [0.29, 0.717) is 0 Å². The van der Waals surface area contributed by atoms with E-state index in [1.54, 1.807) is 0 Å². The van der Waals surface area contributed by atoms with Crippen molar-refractivity contribution >= 4 is 0 Å². The molecule has 2 rings (SSSR count). The molecule has 81 valence electrons. The summed E-state index contributed by atoms with van der Waals surface area (Å²) in [4.78, 5) is 0. The Morgan fingerprint density at radius 3 is 2.06 bits per heavy atom. The van der Waals surface area contributed by atoms with Crippen molar-refractivity contribution in [1.82, 2.24) is 0 Å². The lowest BCUT2D eigenvalue weighted by Crippen LogP contribution is -2.05. The summed E-state index contributed by atoms with van der Waals surface area (Å²) >= 11 is 0. The minimum Gasteiger partial charge on any atom is -0.483 e. The number of hydrogen-bond acceptors (Lipinski definition) is 1. The minimum atomic E-state index is 0.857. The van der Waals surface area contributed by atoms with Crippen molar-refractivity contribution in [2.24, 2.45) is 0 Å². The predicted molar refractivity (Wildman–Crippen MR) is 66.1 cm³/mol. The third-order valence-electron chi connectivity index (χ3n) is 2.33. The number of hydrogen-bond donors (Lipinski definition) is 0. The Balaban J connectivity index is 1.92. The molecule has 2 aromatic carbocycles. The van der Waals surface area contributed by atoms with Crippen LogP contribution in [0.5, 0.6) is 5.75 Å². The Kier molecular flexibility index (Phi) is 3.60. The van der Waals surface area contributed by atoms with E-state index in [2.05, 4.69) is 12.1 Å². The first-order valence-electron chi connectivity index (χ1n) is 5.44. The third kappa shape index (κ3) is 3.13. The van der Waals surface area contributed by atoms with E-state index in [4.69, 9.17) is 4.74 Å². The van der Waals surface area contributed by atoms with Crippen molar-refractivity contribution in [3.8, 4) is 5.75 Å². The molecule has 1 radical (unpaired) electrons. The Morgan fingerprint density at radius 1 is 0.875 bits per heavy atom. The summed E-state index contributed by atoms with van der Waals surface area (Å²) < 4.78 is 5.73. The average Bonchev–Trinajstić information content (AvgIpc) is 2.31. The molecule has 0 aromatic heterocycles. The van der Waals surface area contributed by atoms with Crippen LogP contribution in [-0.2, 0) is 6.42 Å². The van der Waals surface area contributed by atoms with Crippen molar-refractivity contribution in [3.63, 3.8) is 0 Å². The molecular weight excluding hydrogens is 196 g/mol. The molecule has 0 aliphatic heterocycles. The van der Waals surface area contributed by atoms with Gasteiger partial charge in [0, 0.05) is 6.42 Å². The van der Waals surface area contributed by atoms with Gasteiger partial charge in [0.25, 0.3) is 0 Å². The smallest absolute Gasteiger partial charge is 0.150 e. The highest BCUT2D eigenvalue weighted by molar-refractivity contribution is 5.24. The standard InChI is InChI=1S/C15H15O/c1-13(12-14-8-4-2-5-9-14)16-15-10-6-3-7-11-15/h2-11H,12H2,1H3. The van der Waals surface area contributed by atoms with Crippen LogP contribution in [0.4, 0.5) is 0 Å². The van der Waals surface area contributed by atoms with Crippen molar-refractivity contribution in [2.75, 3.05) is 0 Å². The Hall–Kier alpha value is -1.76. The van der Waals surface area contributed by atoms with Gasteiger partial charge in [-0.25, -0.2) is 0 Å². The van der Waals surface area contributed by atoms with E-state index in [0.717, 1.165) is 18.3 Å². The van der Waals surface area contributed by atoms with Gasteiger partial charge in [0.2, 0.25) is 0 Å². The number of ether oxygens (including phenoxy) is 1. The molecule has 1 heteroatoms. The normalized spacial score (nSPS) is 10.4. The maximum atomic E-state index is 5.73. The molecule has 0 unspecified atom stereocenters. The highest BCUT2D eigenvalue weighted by Gasteiger charge is 2.06. The zero-order valence-electron chi connectivity index (χ0n) is 9.39. The van der Waals surface area contributed by atoms with E-state index < -0.39 is 0 Å². The van der Waals surface area contributed by atoms with Crippen LogP contribution in [-0.4, -0.2) is 0 Å². The highest BCUT2D eigenvalue weighted by Crippen LogP contribution is 2.17. The summed E-state index contributed by atoms with van der Waals surface area (Å²) in [5, 5.41) is 0. The quantitative estimate of drug-likeness (QED) is 0.746. The highest BCUT2D eigenvalue weighted by atomic mass is 16.5. The molecule has 0 atom stereocenters. The molecule has 2 aromatic rings. The van der Waals surface area contributed by atoms with Gasteiger partial charge in [0.15, 0.2) is 0 Å². The maximum Gasteiger partial charge on any atom is 0.150 e. The third-order valence-corrected chi connectivity index (χ3v) is 2.33. The molecule has 0 heterocycles. The average molecular weight is 211 g/mol. The second-order valence-electron chi connectivity index (χ2n) is 3.78. The fraction of sp³-hybridized carbons (Fsp3) is 0.133. The molecule has 0 saturated carbocycles. The van der Waals surface area contributed by atoms with E-state index >= 15 is 0 Å². The predicted octanol–water partition coefficient (Wildman–Crippen LogP) is 3.86. The van der Waals surface area contributed by atoms with Gasteiger partial charge in [-0.2, -0.15) is 0 Å². The first kappa shape index (κ1) is 10.7. The van der Waals surface area contributed by atoms with E-state index in [1.807, 2.05) is 55.5 Å². The molecule has 0 bridgehead atoms. The molecule has 0 saturated heterocycles. The molecule has 0 amide bonds.